The van der Waals surface area contributed by atoms with Crippen molar-refractivity contribution in [2.45, 2.75) is 63.1 Å². The van der Waals surface area contributed by atoms with Crippen LogP contribution in [0.3, 0.4) is 0 Å². The van der Waals surface area contributed by atoms with Crippen molar-refractivity contribution in [1.29, 1.82) is 0 Å². The molecule has 0 atom stereocenters. The van der Waals surface area contributed by atoms with Crippen LogP contribution < -0.4 is 20.9 Å². The van der Waals surface area contributed by atoms with Gasteiger partial charge in [0.25, 0.3) is 0 Å². The Morgan fingerprint density at radius 1 is 1.06 bits per heavy atom. The number of hydrogen-bond donors (Lipinski definition) is 3. The summed E-state index contributed by atoms with van der Waals surface area (Å²) >= 11 is 5.99. The van der Waals surface area contributed by atoms with Crippen molar-refractivity contribution >= 4 is 29.4 Å². The maximum absolute atomic E-state index is 12.6. The summed E-state index contributed by atoms with van der Waals surface area (Å²) in [5, 5.41) is 10.6. The fourth-order valence-electron chi connectivity index (χ4n) is 4.23. The van der Waals surface area contributed by atoms with E-state index in [1.807, 2.05) is 56.3 Å². The van der Waals surface area contributed by atoms with E-state index in [1.54, 1.807) is 0 Å². The van der Waals surface area contributed by atoms with E-state index in [0.29, 0.717) is 17.0 Å². The summed E-state index contributed by atoms with van der Waals surface area (Å²) in [6.45, 7) is 1.98. The molecule has 2 aliphatic rings. The molecule has 4 rings (SSSR count). The van der Waals surface area contributed by atoms with E-state index < -0.39 is 0 Å². The molecule has 1 aromatic heterocycles. The number of rotatable bonds is 6. The fraction of sp³-hybridized carbons (Fsp3) is 0.522. The third kappa shape index (κ3) is 5.39. The lowest BCUT2D eigenvalue weighted by Gasteiger charge is -2.30. The van der Waals surface area contributed by atoms with Gasteiger partial charge in [-0.25, -0.2) is 9.78 Å². The molecule has 166 valence electrons. The Kier molecular flexibility index (Phi) is 6.23. The normalized spacial score (nSPS) is 21.8. The maximum atomic E-state index is 12.6. The Hall–Kier alpha value is -2.54. The number of halogens is 1. The lowest BCUT2D eigenvalue weighted by Crippen LogP contribution is -2.48. The van der Waals surface area contributed by atoms with Crippen molar-refractivity contribution < 1.29 is 4.79 Å². The van der Waals surface area contributed by atoms with E-state index in [2.05, 4.69) is 25.9 Å². The number of hydrogen-bond acceptors (Lipinski definition) is 5. The van der Waals surface area contributed by atoms with Crippen molar-refractivity contribution in [3.05, 3.63) is 46.6 Å². The van der Waals surface area contributed by atoms with Gasteiger partial charge in [-0.05, 0) is 63.1 Å². The van der Waals surface area contributed by atoms with Gasteiger partial charge in [0.15, 0.2) is 0 Å². The number of aromatic nitrogens is 2. The van der Waals surface area contributed by atoms with Gasteiger partial charge < -0.3 is 20.9 Å². The predicted molar refractivity (Wildman–Crippen MR) is 125 cm³/mol. The first-order valence-electron chi connectivity index (χ1n) is 11.0. The Bertz CT molecular complexity index is 920. The lowest BCUT2D eigenvalue weighted by molar-refractivity contribution is 0.226. The molecule has 2 aromatic rings. The lowest BCUT2D eigenvalue weighted by atomic mass is 9.91. The van der Waals surface area contributed by atoms with Gasteiger partial charge in [0.1, 0.15) is 5.82 Å². The second kappa shape index (κ2) is 8.91. The molecule has 2 aliphatic carbocycles. The highest BCUT2D eigenvalue weighted by Crippen LogP contribution is 2.45. The first-order valence-corrected chi connectivity index (χ1v) is 11.3. The van der Waals surface area contributed by atoms with E-state index in [9.17, 15) is 4.79 Å². The molecule has 0 unspecified atom stereocenters. The van der Waals surface area contributed by atoms with Crippen LogP contribution in [0.25, 0.3) is 0 Å². The molecule has 7 nitrogen and oxygen atoms in total. The van der Waals surface area contributed by atoms with E-state index in [-0.39, 0.29) is 17.6 Å². The van der Waals surface area contributed by atoms with Gasteiger partial charge in [-0.15, -0.1) is 0 Å². The predicted octanol–water partition coefficient (Wildman–Crippen LogP) is 4.22. The third-order valence-corrected chi connectivity index (χ3v) is 6.45. The molecule has 0 spiro atoms. The number of amides is 2. The molecule has 8 heteroatoms. The number of nitrogens with one attached hydrogen (secondary N) is 3. The quantitative estimate of drug-likeness (QED) is 0.624. The standard InChI is InChI=1S/C23H31ClN6O/c1-15-14-20(30(2)3)28-21(25-15)26-18-8-10-19(11-9-18)27-22(31)29-23(12-13-23)16-4-6-17(24)7-5-16/h4-7,14,18-19H,8-13H2,1-3H3,(H,25,26,28)(H2,27,29,31). The number of anilines is 2. The molecule has 1 aromatic carbocycles. The molecule has 0 bridgehead atoms. The van der Waals surface area contributed by atoms with Crippen molar-refractivity contribution in [3.63, 3.8) is 0 Å². The van der Waals surface area contributed by atoms with Crippen molar-refractivity contribution in [3.8, 4) is 0 Å². The highest BCUT2D eigenvalue weighted by Gasteiger charge is 2.45. The van der Waals surface area contributed by atoms with Gasteiger partial charge in [-0.2, -0.15) is 4.98 Å². The van der Waals surface area contributed by atoms with Gasteiger partial charge in [0.05, 0.1) is 5.54 Å². The van der Waals surface area contributed by atoms with Crippen molar-refractivity contribution in [1.82, 2.24) is 20.6 Å². The molecule has 0 aliphatic heterocycles. The third-order valence-electron chi connectivity index (χ3n) is 6.19. The zero-order chi connectivity index (χ0) is 22.0. The fourth-order valence-corrected chi connectivity index (χ4v) is 4.35. The molecular weight excluding hydrogens is 412 g/mol. The van der Waals surface area contributed by atoms with E-state index in [1.165, 1.54) is 0 Å². The van der Waals surface area contributed by atoms with Crippen LogP contribution in [0.5, 0.6) is 0 Å². The number of carbonyl (C=O) groups is 1. The van der Waals surface area contributed by atoms with Gasteiger partial charge in [0, 0.05) is 43.0 Å². The average Bonchev–Trinajstić information content (AvgIpc) is 3.50. The van der Waals surface area contributed by atoms with E-state index in [4.69, 9.17) is 11.6 Å². The number of nitrogens with zero attached hydrogens (tertiary/aromatic N) is 3. The van der Waals surface area contributed by atoms with Crippen LogP contribution in [0.2, 0.25) is 5.02 Å². The monoisotopic (exact) mass is 442 g/mol. The minimum Gasteiger partial charge on any atom is -0.363 e. The minimum absolute atomic E-state index is 0.0819. The van der Waals surface area contributed by atoms with E-state index >= 15 is 0 Å². The molecule has 2 fully saturated rings. The molecule has 0 saturated heterocycles. The summed E-state index contributed by atoms with van der Waals surface area (Å²) in [5.41, 5.74) is 1.83. The Labute approximate surface area is 189 Å². The van der Waals surface area contributed by atoms with Crippen LogP contribution in [0.4, 0.5) is 16.6 Å². The van der Waals surface area contributed by atoms with Crippen LogP contribution in [-0.4, -0.2) is 42.2 Å². The van der Waals surface area contributed by atoms with E-state index in [0.717, 1.165) is 55.6 Å². The van der Waals surface area contributed by atoms with Crippen molar-refractivity contribution in [2.75, 3.05) is 24.3 Å². The Balaban J connectivity index is 1.26. The van der Waals surface area contributed by atoms with Gasteiger partial charge in [0.2, 0.25) is 5.95 Å². The highest BCUT2D eigenvalue weighted by atomic mass is 35.5. The zero-order valence-corrected chi connectivity index (χ0v) is 19.2. The SMILES string of the molecule is Cc1cc(N(C)C)nc(NC2CCC(NC(=O)NC3(c4ccc(Cl)cc4)CC3)CC2)n1. The zero-order valence-electron chi connectivity index (χ0n) is 18.4. The van der Waals surface area contributed by atoms with Crippen molar-refractivity contribution in [2.24, 2.45) is 0 Å². The molecule has 2 amide bonds. The second-order valence-corrected chi connectivity index (χ2v) is 9.40. The summed E-state index contributed by atoms with van der Waals surface area (Å²) < 4.78 is 0. The molecule has 0 radical (unpaired) electrons. The number of benzene rings is 1. The van der Waals surface area contributed by atoms with Crippen LogP contribution in [0.1, 0.15) is 49.8 Å². The summed E-state index contributed by atoms with van der Waals surface area (Å²) in [6.07, 6.45) is 5.74. The highest BCUT2D eigenvalue weighted by molar-refractivity contribution is 6.30. The first-order chi connectivity index (χ1) is 14.8. The Morgan fingerprint density at radius 3 is 2.32 bits per heavy atom. The largest absolute Gasteiger partial charge is 0.363 e. The number of aryl methyl sites for hydroxylation is 1. The van der Waals surface area contributed by atoms with Gasteiger partial charge in [-0.1, -0.05) is 23.7 Å². The summed E-state index contributed by atoms with van der Waals surface area (Å²) in [6, 6.07) is 10.2. The van der Waals surface area contributed by atoms with Crippen LogP contribution in [0, 0.1) is 6.92 Å². The second-order valence-electron chi connectivity index (χ2n) is 8.97. The molecule has 3 N–H and O–H groups in total. The maximum Gasteiger partial charge on any atom is 0.315 e. The number of urea groups is 1. The first kappa shape index (κ1) is 21.7. The van der Waals surface area contributed by atoms with Crippen LogP contribution in [-0.2, 0) is 5.54 Å². The molecular formula is C23H31ClN6O. The average molecular weight is 443 g/mol. The minimum atomic E-state index is -0.236. The molecule has 2 saturated carbocycles. The molecule has 1 heterocycles. The summed E-state index contributed by atoms with van der Waals surface area (Å²) in [5.74, 6) is 1.58. The Morgan fingerprint density at radius 2 is 1.71 bits per heavy atom. The van der Waals surface area contributed by atoms with Gasteiger partial charge in [-0.3, -0.25) is 0 Å². The van der Waals surface area contributed by atoms with Crippen LogP contribution >= 0.6 is 11.6 Å². The smallest absolute Gasteiger partial charge is 0.315 e. The number of carbonyl (C=O) groups excluding carboxylic acids is 1. The topological polar surface area (TPSA) is 82.2 Å². The summed E-state index contributed by atoms with van der Waals surface area (Å²) in [7, 11) is 3.96. The molecule has 31 heavy (non-hydrogen) atoms. The van der Waals surface area contributed by atoms with Crippen LogP contribution in [0.15, 0.2) is 30.3 Å². The summed E-state index contributed by atoms with van der Waals surface area (Å²) in [4.78, 5) is 23.7. The van der Waals surface area contributed by atoms with Gasteiger partial charge >= 0.3 is 6.03 Å².